The lowest BCUT2D eigenvalue weighted by atomic mass is 10.2. The second-order valence-corrected chi connectivity index (χ2v) is 5.03. The van der Waals surface area contributed by atoms with Crippen LogP contribution in [0.2, 0.25) is 0 Å². The molecule has 0 aliphatic heterocycles. The number of ether oxygens (including phenoxy) is 1. The van der Waals surface area contributed by atoms with E-state index in [-0.39, 0.29) is 19.0 Å². The summed E-state index contributed by atoms with van der Waals surface area (Å²) in [5, 5.41) is 17.4. The minimum atomic E-state index is -0.299. The normalized spacial score (nSPS) is 10.7. The average Bonchev–Trinajstić information content (AvgIpc) is 2.95. The standard InChI is InChI=1S/C17H16FN3O2/c18-14-6-4-5-13(9-14)10-21-17(16(11-22)19-20-21)12-23-15-7-2-1-3-8-15/h1-9,22H,10-12H2. The lowest BCUT2D eigenvalue weighted by Crippen LogP contribution is -2.10. The van der Waals surface area contributed by atoms with E-state index in [0.29, 0.717) is 17.9 Å². The number of hydrogen-bond acceptors (Lipinski definition) is 4. The minimum Gasteiger partial charge on any atom is -0.487 e. The molecule has 2 aromatic carbocycles. The molecule has 0 aliphatic rings. The van der Waals surface area contributed by atoms with Crippen LogP contribution in [0.4, 0.5) is 4.39 Å². The van der Waals surface area contributed by atoms with Crippen molar-refractivity contribution in [1.29, 1.82) is 0 Å². The molecule has 0 saturated carbocycles. The van der Waals surface area contributed by atoms with E-state index < -0.39 is 0 Å². The van der Waals surface area contributed by atoms with Crippen molar-refractivity contribution in [3.8, 4) is 5.75 Å². The quantitative estimate of drug-likeness (QED) is 0.760. The summed E-state index contributed by atoms with van der Waals surface area (Å²) in [5.41, 5.74) is 1.89. The molecule has 3 rings (SSSR count). The molecule has 5 nitrogen and oxygen atoms in total. The summed E-state index contributed by atoms with van der Waals surface area (Å²) in [6.45, 7) is 0.358. The van der Waals surface area contributed by atoms with Gasteiger partial charge in [-0.1, -0.05) is 35.5 Å². The maximum absolute atomic E-state index is 13.3. The number of nitrogens with zero attached hydrogens (tertiary/aromatic N) is 3. The summed E-state index contributed by atoms with van der Waals surface area (Å²) in [7, 11) is 0. The zero-order valence-electron chi connectivity index (χ0n) is 12.4. The number of hydrogen-bond donors (Lipinski definition) is 1. The van der Waals surface area contributed by atoms with E-state index in [1.54, 1.807) is 10.7 Å². The van der Waals surface area contributed by atoms with E-state index in [2.05, 4.69) is 10.3 Å². The second kappa shape index (κ2) is 7.02. The largest absolute Gasteiger partial charge is 0.487 e. The van der Waals surface area contributed by atoms with Gasteiger partial charge in [0.15, 0.2) is 0 Å². The molecule has 0 bridgehead atoms. The average molecular weight is 313 g/mol. The number of rotatable bonds is 6. The first-order chi connectivity index (χ1) is 11.3. The Morgan fingerprint density at radius 1 is 1.09 bits per heavy atom. The van der Waals surface area contributed by atoms with Gasteiger partial charge in [0.05, 0.1) is 13.2 Å². The SMILES string of the molecule is OCc1nnn(Cc2cccc(F)c2)c1COc1ccccc1. The Morgan fingerprint density at radius 2 is 1.91 bits per heavy atom. The Hall–Kier alpha value is -2.73. The lowest BCUT2D eigenvalue weighted by Gasteiger charge is -2.10. The molecule has 118 valence electrons. The number of aromatic nitrogens is 3. The third-order valence-corrected chi connectivity index (χ3v) is 3.41. The molecule has 0 aliphatic carbocycles. The van der Waals surface area contributed by atoms with Crippen molar-refractivity contribution in [1.82, 2.24) is 15.0 Å². The van der Waals surface area contributed by atoms with E-state index >= 15 is 0 Å². The smallest absolute Gasteiger partial charge is 0.132 e. The van der Waals surface area contributed by atoms with E-state index in [9.17, 15) is 9.50 Å². The van der Waals surface area contributed by atoms with Gasteiger partial charge < -0.3 is 9.84 Å². The predicted octanol–water partition coefficient (Wildman–Crippen LogP) is 2.54. The third kappa shape index (κ3) is 3.73. The third-order valence-electron chi connectivity index (χ3n) is 3.41. The van der Waals surface area contributed by atoms with Gasteiger partial charge in [-0.3, -0.25) is 0 Å². The van der Waals surface area contributed by atoms with Crippen molar-refractivity contribution in [3.63, 3.8) is 0 Å². The summed E-state index contributed by atoms with van der Waals surface area (Å²) in [6, 6.07) is 15.7. The van der Waals surface area contributed by atoms with Gasteiger partial charge in [0.1, 0.15) is 29.6 Å². The first kappa shape index (κ1) is 15.2. The molecule has 0 saturated heterocycles. The Morgan fingerprint density at radius 3 is 2.65 bits per heavy atom. The molecule has 23 heavy (non-hydrogen) atoms. The number of aliphatic hydroxyl groups is 1. The molecule has 1 aromatic heterocycles. The topological polar surface area (TPSA) is 60.2 Å². The van der Waals surface area contributed by atoms with Gasteiger partial charge in [-0.05, 0) is 29.8 Å². The molecule has 0 fully saturated rings. The molecular weight excluding hydrogens is 297 g/mol. The highest BCUT2D eigenvalue weighted by molar-refractivity contribution is 5.22. The van der Waals surface area contributed by atoms with Crippen LogP contribution in [-0.4, -0.2) is 20.1 Å². The Labute approximate surface area is 133 Å². The fourth-order valence-corrected chi connectivity index (χ4v) is 2.25. The minimum absolute atomic E-state index is 0.224. The molecule has 1 N–H and O–H groups in total. The summed E-state index contributed by atoms with van der Waals surface area (Å²) < 4.78 is 20.6. The molecule has 0 amide bonds. The monoisotopic (exact) mass is 313 g/mol. The highest BCUT2D eigenvalue weighted by atomic mass is 19.1. The van der Waals surface area contributed by atoms with Crippen molar-refractivity contribution in [3.05, 3.63) is 77.4 Å². The van der Waals surface area contributed by atoms with Crippen LogP contribution in [-0.2, 0) is 19.8 Å². The lowest BCUT2D eigenvalue weighted by molar-refractivity contribution is 0.262. The van der Waals surface area contributed by atoms with Crippen molar-refractivity contribution in [2.24, 2.45) is 0 Å². The zero-order chi connectivity index (χ0) is 16.1. The summed E-state index contributed by atoms with van der Waals surface area (Å²) in [5.74, 6) is 0.418. The molecular formula is C17H16FN3O2. The van der Waals surface area contributed by atoms with Crippen LogP contribution >= 0.6 is 0 Å². The van der Waals surface area contributed by atoms with Crippen molar-refractivity contribution in [2.45, 2.75) is 19.8 Å². The van der Waals surface area contributed by atoms with Gasteiger partial charge in [0, 0.05) is 0 Å². The summed E-state index contributed by atoms with van der Waals surface area (Å²) >= 11 is 0. The van der Waals surface area contributed by atoms with E-state index in [4.69, 9.17) is 4.74 Å². The van der Waals surface area contributed by atoms with Crippen LogP contribution in [0, 0.1) is 5.82 Å². The maximum atomic E-state index is 13.3. The Balaban J connectivity index is 1.79. The van der Waals surface area contributed by atoms with Gasteiger partial charge in [-0.25, -0.2) is 9.07 Å². The highest BCUT2D eigenvalue weighted by Crippen LogP contribution is 2.15. The molecule has 6 heteroatoms. The van der Waals surface area contributed by atoms with Gasteiger partial charge in [0.2, 0.25) is 0 Å². The van der Waals surface area contributed by atoms with Gasteiger partial charge in [-0.2, -0.15) is 0 Å². The first-order valence-corrected chi connectivity index (χ1v) is 7.20. The zero-order valence-corrected chi connectivity index (χ0v) is 12.4. The van der Waals surface area contributed by atoms with Crippen molar-refractivity contribution in [2.75, 3.05) is 0 Å². The molecule has 1 heterocycles. The number of benzene rings is 2. The van der Waals surface area contributed by atoms with E-state index in [1.807, 2.05) is 36.4 Å². The molecule has 0 radical (unpaired) electrons. The van der Waals surface area contributed by atoms with Gasteiger partial charge in [0.25, 0.3) is 0 Å². The van der Waals surface area contributed by atoms with Crippen LogP contribution in [0.1, 0.15) is 17.0 Å². The van der Waals surface area contributed by atoms with Crippen LogP contribution in [0.5, 0.6) is 5.75 Å². The van der Waals surface area contributed by atoms with Crippen molar-refractivity contribution < 1.29 is 14.2 Å². The van der Waals surface area contributed by atoms with Gasteiger partial charge >= 0.3 is 0 Å². The Bertz CT molecular complexity index is 775. The van der Waals surface area contributed by atoms with Crippen LogP contribution in [0.25, 0.3) is 0 Å². The van der Waals surface area contributed by atoms with Crippen molar-refractivity contribution >= 4 is 0 Å². The van der Waals surface area contributed by atoms with Crippen LogP contribution in [0.3, 0.4) is 0 Å². The van der Waals surface area contributed by atoms with E-state index in [0.717, 1.165) is 11.3 Å². The summed E-state index contributed by atoms with van der Waals surface area (Å²) in [6.07, 6.45) is 0. The predicted molar refractivity (Wildman–Crippen MR) is 82.2 cm³/mol. The van der Waals surface area contributed by atoms with Crippen LogP contribution in [0.15, 0.2) is 54.6 Å². The number of para-hydroxylation sites is 1. The van der Waals surface area contributed by atoms with Crippen LogP contribution < -0.4 is 4.74 Å². The fourth-order valence-electron chi connectivity index (χ4n) is 2.25. The fraction of sp³-hybridized carbons (Fsp3) is 0.176. The highest BCUT2D eigenvalue weighted by Gasteiger charge is 2.13. The molecule has 0 spiro atoms. The summed E-state index contributed by atoms with van der Waals surface area (Å²) in [4.78, 5) is 0. The van der Waals surface area contributed by atoms with E-state index in [1.165, 1.54) is 12.1 Å². The second-order valence-electron chi connectivity index (χ2n) is 5.03. The number of halogens is 1. The molecule has 3 aromatic rings. The molecule has 0 unspecified atom stereocenters. The first-order valence-electron chi connectivity index (χ1n) is 7.20. The number of aliphatic hydroxyl groups excluding tert-OH is 1. The Kier molecular flexibility index (Phi) is 4.63. The molecule has 0 atom stereocenters. The maximum Gasteiger partial charge on any atom is 0.132 e. The van der Waals surface area contributed by atoms with Gasteiger partial charge in [-0.15, -0.1) is 5.10 Å².